The zero-order valence-electron chi connectivity index (χ0n) is 16.4. The van der Waals surface area contributed by atoms with Crippen molar-refractivity contribution in [3.8, 4) is 22.5 Å². The molecule has 4 heteroatoms. The largest absolute Gasteiger partial charge is 0.339 e. The summed E-state index contributed by atoms with van der Waals surface area (Å²) in [6, 6.07) is 23.2. The summed E-state index contributed by atoms with van der Waals surface area (Å²) in [5, 5.41) is 2.36. The van der Waals surface area contributed by atoms with Gasteiger partial charge in [-0.15, -0.1) is 0 Å². The summed E-state index contributed by atoms with van der Waals surface area (Å²) in [6.45, 7) is 5.13. The van der Waals surface area contributed by atoms with Crippen LogP contribution in [0, 0.1) is 14.1 Å². The number of fused-ring (bicyclic) bond motifs is 1. The molecule has 0 amide bonds. The molecule has 2 nitrogen and oxygen atoms in total. The number of benzene rings is 3. The Morgan fingerprint density at radius 2 is 1.48 bits per heavy atom. The number of hydrogen-bond donors (Lipinski definition) is 0. The van der Waals surface area contributed by atoms with Gasteiger partial charge in [-0.2, -0.15) is 0 Å². The molecule has 0 unspecified atom stereocenters. The highest BCUT2D eigenvalue weighted by atomic mass is 127. The molecule has 0 radical (unpaired) electrons. The Bertz CT molecular complexity index is 1250. The molecule has 146 valence electrons. The number of hydrogen-bond acceptors (Lipinski definition) is 1. The molecule has 4 aromatic rings. The average Bonchev–Trinajstić information content (AvgIpc) is 2.74. The summed E-state index contributed by atoms with van der Waals surface area (Å²) in [5.41, 5.74) is 5.56. The smallest absolute Gasteiger partial charge is 0.209 e. The molecule has 1 aromatic heterocycles. The molecule has 0 N–H and O–H groups in total. The molecular weight excluding hydrogens is 584 g/mol. The summed E-state index contributed by atoms with van der Waals surface area (Å²) in [6.07, 6.45) is 0.992. The van der Waals surface area contributed by atoms with Crippen molar-refractivity contribution in [1.82, 2.24) is 4.57 Å². The third-order valence-corrected chi connectivity index (χ3v) is 7.17. The SMILES string of the molecule is CCCn1c(-c2ccc(C)cc2)c(I)c(=O)c(I)c1-c1cccc2ccccc12. The minimum Gasteiger partial charge on any atom is -0.339 e. The molecule has 0 bridgehead atoms. The second-order valence-electron chi connectivity index (χ2n) is 7.20. The average molecular weight is 605 g/mol. The van der Waals surface area contributed by atoms with E-state index in [-0.39, 0.29) is 5.43 Å². The zero-order valence-corrected chi connectivity index (χ0v) is 20.7. The Hall–Kier alpha value is -1.67. The van der Waals surface area contributed by atoms with Crippen molar-refractivity contribution >= 4 is 56.0 Å². The molecule has 1 heterocycles. The second-order valence-corrected chi connectivity index (χ2v) is 9.36. The molecule has 29 heavy (non-hydrogen) atoms. The van der Waals surface area contributed by atoms with Gasteiger partial charge in [0.25, 0.3) is 0 Å². The van der Waals surface area contributed by atoms with Gasteiger partial charge in [0.15, 0.2) is 0 Å². The standard InChI is InChI=1S/C25H21I2NO/c1-3-15-28-23(18-13-11-16(2)12-14-18)21(26)25(29)22(27)24(28)20-10-6-8-17-7-4-5-9-19(17)20/h4-14H,3,15H2,1-2H3. The van der Waals surface area contributed by atoms with Crippen molar-refractivity contribution in [3.63, 3.8) is 0 Å². The lowest BCUT2D eigenvalue weighted by molar-refractivity contribution is 0.683. The number of nitrogens with zero attached hydrogens (tertiary/aromatic N) is 1. The van der Waals surface area contributed by atoms with Crippen LogP contribution in [0.1, 0.15) is 18.9 Å². The lowest BCUT2D eigenvalue weighted by Gasteiger charge is -2.23. The van der Waals surface area contributed by atoms with Crippen molar-refractivity contribution in [1.29, 1.82) is 0 Å². The van der Waals surface area contributed by atoms with Crippen molar-refractivity contribution in [2.45, 2.75) is 26.8 Å². The highest BCUT2D eigenvalue weighted by molar-refractivity contribution is 14.1. The van der Waals surface area contributed by atoms with E-state index < -0.39 is 0 Å². The van der Waals surface area contributed by atoms with Gasteiger partial charge in [-0.1, -0.05) is 79.2 Å². The van der Waals surface area contributed by atoms with Crippen LogP contribution >= 0.6 is 45.2 Å². The predicted molar refractivity (Wildman–Crippen MR) is 140 cm³/mol. The van der Waals surface area contributed by atoms with Crippen LogP contribution < -0.4 is 5.43 Å². The van der Waals surface area contributed by atoms with Crippen LogP contribution in [-0.2, 0) is 6.54 Å². The number of aryl methyl sites for hydroxylation is 1. The van der Waals surface area contributed by atoms with Crippen LogP contribution in [-0.4, -0.2) is 4.57 Å². The van der Waals surface area contributed by atoms with Gasteiger partial charge in [-0.25, -0.2) is 0 Å². The highest BCUT2D eigenvalue weighted by Gasteiger charge is 2.22. The van der Waals surface area contributed by atoms with E-state index in [1.807, 2.05) is 0 Å². The van der Waals surface area contributed by atoms with Crippen LogP contribution in [0.15, 0.2) is 71.5 Å². The van der Waals surface area contributed by atoms with Crippen LogP contribution in [0.4, 0.5) is 0 Å². The quantitative estimate of drug-likeness (QED) is 0.225. The highest BCUT2D eigenvalue weighted by Crippen LogP contribution is 2.35. The first-order valence-electron chi connectivity index (χ1n) is 9.70. The van der Waals surface area contributed by atoms with E-state index in [0.29, 0.717) is 0 Å². The molecule has 0 fully saturated rings. The van der Waals surface area contributed by atoms with Gasteiger partial charge < -0.3 is 4.57 Å². The minimum atomic E-state index is 0.108. The van der Waals surface area contributed by atoms with Crippen LogP contribution in [0.25, 0.3) is 33.3 Å². The maximum atomic E-state index is 13.3. The maximum absolute atomic E-state index is 13.3. The van der Waals surface area contributed by atoms with Gasteiger partial charge in [0.1, 0.15) is 0 Å². The predicted octanol–water partition coefficient (Wildman–Crippen LogP) is 7.26. The van der Waals surface area contributed by atoms with Gasteiger partial charge in [-0.05, 0) is 74.9 Å². The van der Waals surface area contributed by atoms with Crippen molar-refractivity contribution in [2.24, 2.45) is 0 Å². The van der Waals surface area contributed by atoms with Gasteiger partial charge in [0.2, 0.25) is 5.43 Å². The Balaban J connectivity index is 2.14. The van der Waals surface area contributed by atoms with E-state index in [1.165, 1.54) is 16.3 Å². The molecule has 0 saturated heterocycles. The second kappa shape index (κ2) is 8.60. The third kappa shape index (κ3) is 3.77. The summed E-state index contributed by atoms with van der Waals surface area (Å²) in [7, 11) is 0. The Kier molecular flexibility index (Phi) is 6.11. The van der Waals surface area contributed by atoms with Gasteiger partial charge in [-0.3, -0.25) is 4.79 Å². The van der Waals surface area contributed by atoms with E-state index >= 15 is 0 Å². The molecular formula is C25H21I2NO. The number of rotatable bonds is 4. The summed E-state index contributed by atoms with van der Waals surface area (Å²) in [4.78, 5) is 13.3. The van der Waals surface area contributed by atoms with Crippen molar-refractivity contribution < 1.29 is 0 Å². The first-order chi connectivity index (χ1) is 14.0. The molecule has 0 saturated carbocycles. The molecule has 0 aliphatic heterocycles. The normalized spacial score (nSPS) is 11.2. The van der Waals surface area contributed by atoms with Crippen LogP contribution in [0.5, 0.6) is 0 Å². The summed E-state index contributed by atoms with van der Waals surface area (Å²) >= 11 is 4.46. The van der Waals surface area contributed by atoms with Gasteiger partial charge in [0.05, 0.1) is 18.5 Å². The molecule has 0 spiro atoms. The first kappa shape index (κ1) is 20.6. The van der Waals surface area contributed by atoms with Gasteiger partial charge in [0, 0.05) is 12.1 Å². The lowest BCUT2D eigenvalue weighted by atomic mass is 10.00. The summed E-state index contributed by atoms with van der Waals surface area (Å²) < 4.78 is 3.91. The molecule has 0 atom stereocenters. The van der Waals surface area contributed by atoms with E-state index in [4.69, 9.17) is 0 Å². The van der Waals surface area contributed by atoms with Gasteiger partial charge >= 0.3 is 0 Å². The Morgan fingerprint density at radius 3 is 2.21 bits per heavy atom. The van der Waals surface area contributed by atoms with Crippen molar-refractivity contribution in [3.05, 3.63) is 89.7 Å². The zero-order chi connectivity index (χ0) is 20.5. The van der Waals surface area contributed by atoms with E-state index in [1.54, 1.807) is 0 Å². The summed E-state index contributed by atoms with van der Waals surface area (Å²) in [5.74, 6) is 0. The minimum absolute atomic E-state index is 0.108. The topological polar surface area (TPSA) is 22.0 Å². The third-order valence-electron chi connectivity index (χ3n) is 5.17. The fourth-order valence-electron chi connectivity index (χ4n) is 3.80. The number of aromatic nitrogens is 1. The Morgan fingerprint density at radius 1 is 0.828 bits per heavy atom. The van der Waals surface area contributed by atoms with Crippen molar-refractivity contribution in [2.75, 3.05) is 0 Å². The monoisotopic (exact) mass is 605 g/mol. The maximum Gasteiger partial charge on any atom is 0.209 e. The van der Waals surface area contributed by atoms with E-state index in [0.717, 1.165) is 42.6 Å². The molecule has 4 rings (SSSR count). The van der Waals surface area contributed by atoms with E-state index in [9.17, 15) is 4.79 Å². The van der Waals surface area contributed by atoms with Crippen LogP contribution in [0.3, 0.4) is 0 Å². The number of pyridine rings is 1. The fraction of sp³-hybridized carbons (Fsp3) is 0.160. The fourth-order valence-corrected chi connectivity index (χ4v) is 6.04. The molecule has 3 aromatic carbocycles. The van der Waals surface area contributed by atoms with E-state index in [2.05, 4.69) is 130 Å². The lowest BCUT2D eigenvalue weighted by Crippen LogP contribution is -2.21. The number of halogens is 2. The first-order valence-corrected chi connectivity index (χ1v) is 11.9. The Labute approximate surface area is 198 Å². The molecule has 0 aliphatic carbocycles. The molecule has 0 aliphatic rings. The van der Waals surface area contributed by atoms with Crippen LogP contribution in [0.2, 0.25) is 0 Å².